The molecule has 1 aliphatic heterocycles. The summed E-state index contributed by atoms with van der Waals surface area (Å²) in [6, 6.07) is 0. The number of nitrogens with zero attached hydrogens (tertiary/aromatic N) is 2. The van der Waals surface area contributed by atoms with Gasteiger partial charge >= 0.3 is 0 Å². The third-order valence-corrected chi connectivity index (χ3v) is 3.21. The first-order valence-corrected chi connectivity index (χ1v) is 5.50. The zero-order valence-corrected chi connectivity index (χ0v) is 13.1. The lowest BCUT2D eigenvalue weighted by molar-refractivity contribution is 0.212. The Morgan fingerprint density at radius 2 is 2.06 bits per heavy atom. The van der Waals surface area contributed by atoms with Crippen LogP contribution in [0.3, 0.4) is 0 Å². The van der Waals surface area contributed by atoms with E-state index < -0.39 is 0 Å². The Morgan fingerprint density at radius 1 is 1.38 bits per heavy atom. The van der Waals surface area contributed by atoms with Crippen LogP contribution in [0.1, 0.15) is 25.0 Å². The number of rotatable bonds is 3. The number of piperidine rings is 1. The van der Waals surface area contributed by atoms with Gasteiger partial charge in [0.1, 0.15) is 0 Å². The molecule has 0 unspecified atom stereocenters. The summed E-state index contributed by atoms with van der Waals surface area (Å²) in [5.41, 5.74) is 1.28. The molecule has 1 N–H and O–H groups in total. The van der Waals surface area contributed by atoms with Crippen molar-refractivity contribution in [3.63, 3.8) is 0 Å². The molecule has 0 atom stereocenters. The van der Waals surface area contributed by atoms with Crippen LogP contribution >= 0.6 is 34.0 Å². The van der Waals surface area contributed by atoms with Gasteiger partial charge in [0.2, 0.25) is 0 Å². The number of hydrogen-bond acceptors (Lipinski definition) is 2. The van der Waals surface area contributed by atoms with E-state index in [0.29, 0.717) is 0 Å². The predicted molar refractivity (Wildman–Crippen MR) is 77.8 cm³/mol. The molecule has 1 aliphatic rings. The van der Waals surface area contributed by atoms with Crippen LogP contribution in [-0.2, 0) is 6.42 Å². The fraction of sp³-hybridized carbons (Fsp3) is 0.727. The Labute approximate surface area is 119 Å². The molecule has 1 aromatic rings. The second-order valence-corrected chi connectivity index (χ2v) is 4.36. The lowest BCUT2D eigenvalue weighted by Crippen LogP contribution is -2.30. The number of aromatic nitrogens is 2. The minimum atomic E-state index is 0. The molecule has 0 amide bonds. The van der Waals surface area contributed by atoms with Gasteiger partial charge in [-0.2, -0.15) is 0 Å². The molecule has 1 fully saturated rings. The molecule has 1 saturated heterocycles. The summed E-state index contributed by atoms with van der Waals surface area (Å²) < 4.78 is 0. The number of aryl methyl sites for hydroxylation is 1. The smallest absolute Gasteiger partial charge is 0.0921 e. The number of imidazole rings is 1. The van der Waals surface area contributed by atoms with Crippen LogP contribution in [0, 0.1) is 5.92 Å². The van der Waals surface area contributed by atoms with Crippen LogP contribution in [0.15, 0.2) is 12.5 Å². The quantitative estimate of drug-likeness (QED) is 0.905. The maximum absolute atomic E-state index is 4.03. The Balaban J connectivity index is 0.00000112. The molecule has 94 valence electrons. The second kappa shape index (κ2) is 8.25. The van der Waals surface area contributed by atoms with E-state index >= 15 is 0 Å². The van der Waals surface area contributed by atoms with Gasteiger partial charge in [-0.25, -0.2) is 4.98 Å². The highest BCUT2D eigenvalue weighted by atomic mass is 79.9. The van der Waals surface area contributed by atoms with E-state index in [9.17, 15) is 0 Å². The van der Waals surface area contributed by atoms with Crippen LogP contribution in [0.4, 0.5) is 0 Å². The third-order valence-electron chi connectivity index (χ3n) is 3.21. The molecule has 0 radical (unpaired) electrons. The second-order valence-electron chi connectivity index (χ2n) is 4.36. The van der Waals surface area contributed by atoms with Gasteiger partial charge in [0, 0.05) is 11.9 Å². The van der Waals surface area contributed by atoms with Gasteiger partial charge in [-0.1, -0.05) is 0 Å². The number of H-pyrrole nitrogens is 1. The number of hydrogen-bond donors (Lipinski definition) is 1. The molecule has 2 heterocycles. The highest BCUT2D eigenvalue weighted by Gasteiger charge is 2.16. The van der Waals surface area contributed by atoms with Crippen LogP contribution in [0.5, 0.6) is 0 Å². The number of halogens is 2. The van der Waals surface area contributed by atoms with Crippen molar-refractivity contribution >= 4 is 34.0 Å². The van der Waals surface area contributed by atoms with Crippen LogP contribution in [-0.4, -0.2) is 35.0 Å². The van der Waals surface area contributed by atoms with E-state index in [1.54, 1.807) is 6.33 Å². The summed E-state index contributed by atoms with van der Waals surface area (Å²) >= 11 is 0. The van der Waals surface area contributed by atoms with Gasteiger partial charge in [-0.05, 0) is 51.7 Å². The van der Waals surface area contributed by atoms with E-state index in [4.69, 9.17) is 0 Å². The Hall–Kier alpha value is 0.130. The van der Waals surface area contributed by atoms with Crippen molar-refractivity contribution in [2.45, 2.75) is 25.7 Å². The molecule has 5 heteroatoms. The lowest BCUT2D eigenvalue weighted by Gasteiger charge is -2.28. The van der Waals surface area contributed by atoms with Crippen LogP contribution < -0.4 is 0 Å². The largest absolute Gasteiger partial charge is 0.348 e. The first kappa shape index (κ1) is 16.1. The van der Waals surface area contributed by atoms with E-state index in [-0.39, 0.29) is 34.0 Å². The summed E-state index contributed by atoms with van der Waals surface area (Å²) in [5.74, 6) is 0.925. The molecule has 0 spiro atoms. The third kappa shape index (κ3) is 4.97. The van der Waals surface area contributed by atoms with Crippen molar-refractivity contribution in [2.24, 2.45) is 5.92 Å². The molecule has 0 bridgehead atoms. The summed E-state index contributed by atoms with van der Waals surface area (Å²) in [4.78, 5) is 9.62. The van der Waals surface area contributed by atoms with Gasteiger partial charge in [0.15, 0.2) is 0 Å². The van der Waals surface area contributed by atoms with E-state index in [0.717, 1.165) is 12.3 Å². The number of aromatic amines is 1. The zero-order chi connectivity index (χ0) is 9.80. The van der Waals surface area contributed by atoms with E-state index in [1.807, 2.05) is 6.20 Å². The summed E-state index contributed by atoms with van der Waals surface area (Å²) in [6.07, 6.45) is 8.92. The lowest BCUT2D eigenvalue weighted by atomic mass is 9.92. The first-order chi connectivity index (χ1) is 6.84. The molecule has 1 aromatic heterocycles. The fourth-order valence-electron chi connectivity index (χ4n) is 2.13. The number of likely N-dealkylation sites (tertiary alicyclic amines) is 1. The highest BCUT2D eigenvalue weighted by molar-refractivity contribution is 8.93. The Kier molecular flexibility index (Phi) is 8.32. The monoisotopic (exact) mass is 353 g/mol. The Morgan fingerprint density at radius 3 is 2.62 bits per heavy atom. The van der Waals surface area contributed by atoms with Gasteiger partial charge < -0.3 is 9.88 Å². The number of nitrogens with one attached hydrogen (secondary N) is 1. The van der Waals surface area contributed by atoms with Crippen molar-refractivity contribution in [2.75, 3.05) is 20.1 Å². The summed E-state index contributed by atoms with van der Waals surface area (Å²) in [5, 5.41) is 0. The molecule has 16 heavy (non-hydrogen) atoms. The molecule has 0 aliphatic carbocycles. The maximum Gasteiger partial charge on any atom is 0.0921 e. The van der Waals surface area contributed by atoms with Gasteiger partial charge in [-0.15, -0.1) is 34.0 Å². The van der Waals surface area contributed by atoms with Crippen molar-refractivity contribution in [3.8, 4) is 0 Å². The summed E-state index contributed by atoms with van der Waals surface area (Å²) in [6.45, 7) is 2.54. The Bertz CT molecular complexity index is 256. The molecule has 2 rings (SSSR count). The van der Waals surface area contributed by atoms with Crippen LogP contribution in [0.25, 0.3) is 0 Å². The van der Waals surface area contributed by atoms with Crippen molar-refractivity contribution < 1.29 is 0 Å². The van der Waals surface area contributed by atoms with Crippen LogP contribution in [0.2, 0.25) is 0 Å². The van der Waals surface area contributed by atoms with Gasteiger partial charge in [0.25, 0.3) is 0 Å². The van der Waals surface area contributed by atoms with Crippen molar-refractivity contribution in [1.82, 2.24) is 14.9 Å². The maximum atomic E-state index is 4.03. The topological polar surface area (TPSA) is 31.9 Å². The zero-order valence-electron chi connectivity index (χ0n) is 9.69. The normalized spacial score (nSPS) is 17.6. The standard InChI is InChI=1S/C11H19N3.2BrH/c1-14-6-4-10(5-7-14)2-3-11-8-12-9-13-11;;/h8-10H,2-7H2,1H3,(H,12,13);2*1H. The van der Waals surface area contributed by atoms with Gasteiger partial charge in [0.05, 0.1) is 6.33 Å². The predicted octanol–water partition coefficient (Wildman–Crippen LogP) is 2.84. The minimum absolute atomic E-state index is 0. The molecule has 0 aromatic carbocycles. The summed E-state index contributed by atoms with van der Waals surface area (Å²) in [7, 11) is 2.21. The molecular formula is C11H21Br2N3. The SMILES string of the molecule is Br.Br.CN1CCC(CCc2cnc[nH]2)CC1. The first-order valence-electron chi connectivity index (χ1n) is 5.50. The van der Waals surface area contributed by atoms with Gasteiger partial charge in [-0.3, -0.25) is 0 Å². The minimum Gasteiger partial charge on any atom is -0.348 e. The van der Waals surface area contributed by atoms with Crippen molar-refractivity contribution in [3.05, 3.63) is 18.2 Å². The average molecular weight is 355 g/mol. The molecule has 3 nitrogen and oxygen atoms in total. The van der Waals surface area contributed by atoms with Crippen molar-refractivity contribution in [1.29, 1.82) is 0 Å². The fourth-order valence-corrected chi connectivity index (χ4v) is 2.13. The molecular weight excluding hydrogens is 334 g/mol. The molecule has 0 saturated carbocycles. The van der Waals surface area contributed by atoms with E-state index in [2.05, 4.69) is 21.9 Å². The average Bonchev–Trinajstić information content (AvgIpc) is 2.70. The highest BCUT2D eigenvalue weighted by Crippen LogP contribution is 2.20. The van der Waals surface area contributed by atoms with E-state index in [1.165, 1.54) is 38.0 Å².